The van der Waals surface area contributed by atoms with Crippen molar-refractivity contribution in [2.45, 2.75) is 57.9 Å². The van der Waals surface area contributed by atoms with E-state index in [1.165, 1.54) is 36.2 Å². The molecule has 36 heavy (non-hydrogen) atoms. The number of aromatic nitrogens is 2. The molecule has 1 saturated heterocycles. The van der Waals surface area contributed by atoms with Gasteiger partial charge in [-0.15, -0.1) is 10.2 Å². The van der Waals surface area contributed by atoms with Crippen molar-refractivity contribution in [3.05, 3.63) is 53.6 Å². The van der Waals surface area contributed by atoms with Crippen molar-refractivity contribution < 1.29 is 19.1 Å². The number of nitrogens with zero attached hydrogens (tertiary/aromatic N) is 3. The molecule has 1 fully saturated rings. The molecule has 5 rings (SSSR count). The highest BCUT2D eigenvalue weighted by atomic mass is 32.1. The van der Waals surface area contributed by atoms with Gasteiger partial charge >= 0.3 is 0 Å². The number of carbonyl (C=O) groups excluding carboxylic acids is 2. The summed E-state index contributed by atoms with van der Waals surface area (Å²) >= 11 is 1.28. The number of fused-ring (bicyclic) bond motifs is 1. The second-order valence-electron chi connectivity index (χ2n) is 9.13. The lowest BCUT2D eigenvalue weighted by molar-refractivity contribution is -0.119. The third-order valence-electron chi connectivity index (χ3n) is 6.61. The van der Waals surface area contributed by atoms with Gasteiger partial charge in [-0.25, -0.2) is 0 Å². The number of unbranched alkanes of at least 4 members (excludes halogenated alkanes) is 3. The molecule has 0 saturated carbocycles. The molecule has 2 aromatic carbocycles. The van der Waals surface area contributed by atoms with Gasteiger partial charge < -0.3 is 14.4 Å². The highest BCUT2D eigenvalue weighted by Crippen LogP contribution is 2.37. The average Bonchev–Trinajstić information content (AvgIpc) is 3.67. The minimum absolute atomic E-state index is 0.108. The number of amides is 2. The number of likely N-dealkylation sites (tertiary alicyclic amines) is 1. The molecule has 9 heteroatoms. The molecule has 0 radical (unpaired) electrons. The first-order valence-electron chi connectivity index (χ1n) is 12.6. The van der Waals surface area contributed by atoms with Gasteiger partial charge in [0.2, 0.25) is 17.8 Å². The Hall–Kier alpha value is -3.46. The fourth-order valence-electron chi connectivity index (χ4n) is 4.63. The number of nitrogens with one attached hydrogen (secondary N) is 1. The van der Waals surface area contributed by atoms with Crippen LogP contribution in [0.15, 0.2) is 42.5 Å². The van der Waals surface area contributed by atoms with Gasteiger partial charge in [0.25, 0.3) is 5.91 Å². The normalized spacial score (nSPS) is 16.4. The Morgan fingerprint density at radius 2 is 1.89 bits per heavy atom. The molecule has 0 spiro atoms. The summed E-state index contributed by atoms with van der Waals surface area (Å²) in [6.07, 6.45) is 7.31. The molecule has 2 aliphatic heterocycles. The highest BCUT2D eigenvalue weighted by Gasteiger charge is 2.35. The Bertz CT molecular complexity index is 1230. The maximum absolute atomic E-state index is 13.2. The van der Waals surface area contributed by atoms with E-state index in [1.54, 1.807) is 4.90 Å². The maximum atomic E-state index is 13.2. The average molecular weight is 507 g/mol. The van der Waals surface area contributed by atoms with Crippen molar-refractivity contribution in [3.63, 3.8) is 0 Å². The summed E-state index contributed by atoms with van der Waals surface area (Å²) in [5, 5.41) is 12.3. The zero-order valence-electron chi connectivity index (χ0n) is 20.4. The first kappa shape index (κ1) is 24.2. The van der Waals surface area contributed by atoms with Crippen LogP contribution in [0.5, 0.6) is 11.5 Å². The molecule has 1 aromatic heterocycles. The number of aryl methyl sites for hydroxylation is 1. The van der Waals surface area contributed by atoms with Gasteiger partial charge in [0.05, 0.1) is 0 Å². The lowest BCUT2D eigenvalue weighted by atomic mass is 10.0. The summed E-state index contributed by atoms with van der Waals surface area (Å²) in [4.78, 5) is 28.0. The van der Waals surface area contributed by atoms with Crippen LogP contribution in [0.3, 0.4) is 0 Å². The summed E-state index contributed by atoms with van der Waals surface area (Å²) < 4.78 is 10.8. The van der Waals surface area contributed by atoms with Crippen molar-refractivity contribution in [1.82, 2.24) is 15.1 Å². The van der Waals surface area contributed by atoms with E-state index in [-0.39, 0.29) is 18.6 Å². The van der Waals surface area contributed by atoms with Gasteiger partial charge in [-0.1, -0.05) is 49.7 Å². The Labute approximate surface area is 214 Å². The minimum atomic E-state index is -0.524. The number of rotatable bonds is 9. The number of anilines is 1. The lowest BCUT2D eigenvalue weighted by Crippen LogP contribution is -2.43. The lowest BCUT2D eigenvalue weighted by Gasteiger charge is -2.23. The Kier molecular flexibility index (Phi) is 7.46. The summed E-state index contributed by atoms with van der Waals surface area (Å²) in [5.74, 6) is 1.02. The van der Waals surface area contributed by atoms with Gasteiger partial charge in [-0.2, -0.15) is 0 Å². The van der Waals surface area contributed by atoms with Gasteiger partial charge in [0.15, 0.2) is 11.5 Å². The van der Waals surface area contributed by atoms with E-state index < -0.39 is 6.04 Å². The Morgan fingerprint density at radius 1 is 1.06 bits per heavy atom. The van der Waals surface area contributed by atoms with Crippen molar-refractivity contribution in [1.29, 1.82) is 0 Å². The number of carbonyl (C=O) groups is 2. The molecule has 1 atom stereocenters. The van der Waals surface area contributed by atoms with Crippen LogP contribution in [0.25, 0.3) is 10.6 Å². The highest BCUT2D eigenvalue weighted by molar-refractivity contribution is 7.18. The van der Waals surface area contributed by atoms with Crippen LogP contribution in [0, 0.1) is 0 Å². The van der Waals surface area contributed by atoms with Crippen molar-refractivity contribution in [2.75, 3.05) is 18.7 Å². The predicted octanol–water partition coefficient (Wildman–Crippen LogP) is 5.30. The predicted molar refractivity (Wildman–Crippen MR) is 138 cm³/mol. The fraction of sp³-hybridized carbons (Fsp3) is 0.407. The standard InChI is InChI=1S/C27H30N4O4S/c1-2-3-4-5-7-18-9-11-19(12-10-18)26(33)31-15-6-8-21(31)24(32)28-27-30-29-25(36-27)20-13-14-22-23(16-20)35-17-34-22/h9-14,16,21H,2-8,15,17H2,1H3,(H,28,30,32). The number of hydrogen-bond acceptors (Lipinski definition) is 7. The van der Waals surface area contributed by atoms with E-state index in [1.807, 2.05) is 42.5 Å². The second-order valence-corrected chi connectivity index (χ2v) is 10.1. The molecule has 2 aliphatic rings. The first-order chi connectivity index (χ1) is 17.6. The topological polar surface area (TPSA) is 93.7 Å². The second kappa shape index (κ2) is 11.1. The van der Waals surface area contributed by atoms with Gasteiger partial charge in [-0.3, -0.25) is 14.9 Å². The van der Waals surface area contributed by atoms with E-state index in [0.717, 1.165) is 24.8 Å². The van der Waals surface area contributed by atoms with Crippen LogP contribution in [0.1, 0.15) is 61.4 Å². The monoisotopic (exact) mass is 506 g/mol. The molecule has 1 N–H and O–H groups in total. The molecular formula is C27H30N4O4S. The van der Waals surface area contributed by atoms with E-state index in [2.05, 4.69) is 22.4 Å². The fourth-order valence-corrected chi connectivity index (χ4v) is 5.37. The number of hydrogen-bond donors (Lipinski definition) is 1. The smallest absolute Gasteiger partial charge is 0.254 e. The maximum Gasteiger partial charge on any atom is 0.254 e. The molecule has 1 unspecified atom stereocenters. The zero-order valence-corrected chi connectivity index (χ0v) is 21.2. The molecule has 3 heterocycles. The summed E-state index contributed by atoms with van der Waals surface area (Å²) in [6, 6.07) is 12.9. The third kappa shape index (κ3) is 5.36. The van der Waals surface area contributed by atoms with Crippen molar-refractivity contribution >= 4 is 28.3 Å². The molecule has 3 aromatic rings. The van der Waals surface area contributed by atoms with Gasteiger partial charge in [0.1, 0.15) is 11.0 Å². The Balaban J connectivity index is 1.20. The summed E-state index contributed by atoms with van der Waals surface area (Å²) in [7, 11) is 0. The van der Waals surface area contributed by atoms with E-state index in [4.69, 9.17) is 9.47 Å². The SMILES string of the molecule is CCCCCCc1ccc(C(=O)N2CCCC2C(=O)Nc2nnc(-c3ccc4c(c3)OCO4)s2)cc1. The molecule has 0 aliphatic carbocycles. The van der Waals surface area contributed by atoms with Crippen LogP contribution in [-0.4, -0.2) is 46.3 Å². The van der Waals surface area contributed by atoms with Crippen LogP contribution in [0.4, 0.5) is 5.13 Å². The minimum Gasteiger partial charge on any atom is -0.454 e. The van der Waals surface area contributed by atoms with Gasteiger partial charge in [-0.05, 0) is 61.6 Å². The molecule has 188 valence electrons. The number of benzene rings is 2. The van der Waals surface area contributed by atoms with E-state index >= 15 is 0 Å². The Morgan fingerprint density at radius 3 is 2.72 bits per heavy atom. The summed E-state index contributed by atoms with van der Waals surface area (Å²) in [6.45, 7) is 2.97. The number of ether oxygens (including phenoxy) is 2. The molecular weight excluding hydrogens is 476 g/mol. The largest absolute Gasteiger partial charge is 0.454 e. The van der Waals surface area contributed by atoms with Crippen molar-refractivity contribution in [2.24, 2.45) is 0 Å². The molecule has 8 nitrogen and oxygen atoms in total. The molecule has 2 amide bonds. The first-order valence-corrected chi connectivity index (χ1v) is 13.4. The van der Waals surface area contributed by atoms with Crippen LogP contribution in [0.2, 0.25) is 0 Å². The quantitative estimate of drug-likeness (QED) is 0.396. The third-order valence-corrected chi connectivity index (χ3v) is 7.50. The summed E-state index contributed by atoms with van der Waals surface area (Å²) in [5.41, 5.74) is 2.70. The van der Waals surface area contributed by atoms with Crippen LogP contribution >= 0.6 is 11.3 Å². The molecule has 0 bridgehead atoms. The van der Waals surface area contributed by atoms with Crippen LogP contribution in [-0.2, 0) is 11.2 Å². The van der Waals surface area contributed by atoms with Crippen molar-refractivity contribution in [3.8, 4) is 22.1 Å². The van der Waals surface area contributed by atoms with Gasteiger partial charge in [0, 0.05) is 17.7 Å². The van der Waals surface area contributed by atoms with Crippen LogP contribution < -0.4 is 14.8 Å². The zero-order chi connectivity index (χ0) is 24.9. The van der Waals surface area contributed by atoms with E-state index in [9.17, 15) is 9.59 Å². The van der Waals surface area contributed by atoms with E-state index in [0.29, 0.717) is 40.2 Å².